The van der Waals surface area contributed by atoms with Gasteiger partial charge in [0.2, 0.25) is 0 Å². The van der Waals surface area contributed by atoms with Crippen molar-refractivity contribution in [3.05, 3.63) is 79.7 Å². The minimum Gasteiger partial charge on any atom is -0.349 e. The maximum atomic E-state index is 13.3. The monoisotopic (exact) mass is 684 g/mol. The number of amides is 2. The molecule has 0 bridgehead atoms. The lowest BCUT2D eigenvalue weighted by Gasteiger charge is -2.17. The van der Waals surface area contributed by atoms with E-state index in [9.17, 15) is 35.9 Å². The summed E-state index contributed by atoms with van der Waals surface area (Å²) in [7, 11) is 0. The van der Waals surface area contributed by atoms with Gasteiger partial charge in [-0.05, 0) is 72.0 Å². The Morgan fingerprint density at radius 2 is 1.74 bits per heavy atom. The zero-order chi connectivity index (χ0) is 29.1. The third-order valence-electron chi connectivity index (χ3n) is 5.51. The Labute approximate surface area is 238 Å². The molecule has 0 saturated heterocycles. The van der Waals surface area contributed by atoms with E-state index < -0.39 is 42.1 Å². The topological polar surface area (TPSA) is 76.0 Å². The fraction of sp³-hybridized carbons (Fsp3) is 0.320. The molecule has 0 saturated carbocycles. The summed E-state index contributed by atoms with van der Waals surface area (Å²) in [5.74, 6) is -0.298. The molecule has 0 aliphatic carbocycles. The summed E-state index contributed by atoms with van der Waals surface area (Å²) in [6, 6.07) is 8.92. The zero-order valence-electron chi connectivity index (χ0n) is 20.8. The molecular formula is C25H23F6IN4O2S. The second-order valence-corrected chi connectivity index (χ2v) is 10.7. The number of thioether (sulfide) groups is 1. The summed E-state index contributed by atoms with van der Waals surface area (Å²) in [5.41, 5.74) is -1.83. The number of nitrogens with one attached hydrogen (secondary N) is 2. The van der Waals surface area contributed by atoms with Crippen LogP contribution >= 0.6 is 34.4 Å². The van der Waals surface area contributed by atoms with Crippen molar-refractivity contribution in [2.75, 3.05) is 17.3 Å². The number of halogens is 7. The number of benzene rings is 2. The van der Waals surface area contributed by atoms with Gasteiger partial charge < -0.3 is 10.6 Å². The van der Waals surface area contributed by atoms with E-state index in [2.05, 4.69) is 15.7 Å². The first-order valence-corrected chi connectivity index (χ1v) is 13.8. The first-order chi connectivity index (χ1) is 18.1. The van der Waals surface area contributed by atoms with Gasteiger partial charge in [0, 0.05) is 27.1 Å². The summed E-state index contributed by atoms with van der Waals surface area (Å²) in [4.78, 5) is 26.1. The smallest absolute Gasteiger partial charge is 0.349 e. The van der Waals surface area contributed by atoms with E-state index in [0.29, 0.717) is 20.6 Å². The van der Waals surface area contributed by atoms with E-state index >= 15 is 0 Å². The summed E-state index contributed by atoms with van der Waals surface area (Å²) in [6.07, 6.45) is -8.16. The number of aromatic nitrogens is 2. The maximum absolute atomic E-state index is 13.3. The average molecular weight is 684 g/mol. The van der Waals surface area contributed by atoms with Crippen molar-refractivity contribution in [3.63, 3.8) is 0 Å². The van der Waals surface area contributed by atoms with Crippen LogP contribution < -0.4 is 10.6 Å². The Balaban J connectivity index is 1.84. The van der Waals surface area contributed by atoms with Crippen molar-refractivity contribution in [1.29, 1.82) is 0 Å². The molecule has 0 spiro atoms. The molecular weight excluding hydrogens is 661 g/mol. The number of anilines is 1. The highest BCUT2D eigenvalue weighted by Crippen LogP contribution is 2.35. The standard InChI is InChI=1S/C25H23F6IN4O2S/c1-13-9-15(11-36-20(25(29,30)31)10-19(35-36)24(26,27)28)7-8-18(13)34-22(37)16-5-4-6-17(32)21(16)23(38)33-14(2)12-39-3/h4-10,14H,11-12H2,1-3H3,(H,33,38)(H,34,37). The summed E-state index contributed by atoms with van der Waals surface area (Å²) >= 11 is 3.53. The summed E-state index contributed by atoms with van der Waals surface area (Å²) in [6.45, 7) is 2.86. The lowest BCUT2D eigenvalue weighted by atomic mass is 10.0. The predicted octanol–water partition coefficient (Wildman–Crippen LogP) is 6.62. The number of carbonyl (C=O) groups excluding carboxylic acids is 2. The lowest BCUT2D eigenvalue weighted by molar-refractivity contribution is -0.144. The lowest BCUT2D eigenvalue weighted by Crippen LogP contribution is -2.36. The van der Waals surface area contributed by atoms with Crippen molar-refractivity contribution in [2.45, 2.75) is 38.8 Å². The van der Waals surface area contributed by atoms with Crippen LogP contribution in [0.3, 0.4) is 0 Å². The van der Waals surface area contributed by atoms with Crippen LogP contribution in [-0.4, -0.2) is 39.6 Å². The van der Waals surface area contributed by atoms with Crippen LogP contribution in [0, 0.1) is 10.5 Å². The van der Waals surface area contributed by atoms with Gasteiger partial charge in [-0.2, -0.15) is 43.2 Å². The Hall–Kier alpha value is -2.75. The molecule has 3 aromatic rings. The van der Waals surface area contributed by atoms with Crippen LogP contribution in [0.5, 0.6) is 0 Å². The summed E-state index contributed by atoms with van der Waals surface area (Å²) in [5, 5.41) is 8.67. The van der Waals surface area contributed by atoms with E-state index in [-0.39, 0.29) is 33.5 Å². The number of carbonyl (C=O) groups is 2. The van der Waals surface area contributed by atoms with Crippen molar-refractivity contribution >= 4 is 51.9 Å². The Morgan fingerprint density at radius 1 is 1.05 bits per heavy atom. The van der Waals surface area contributed by atoms with Crippen molar-refractivity contribution < 1.29 is 35.9 Å². The van der Waals surface area contributed by atoms with Crippen LogP contribution in [0.4, 0.5) is 32.0 Å². The van der Waals surface area contributed by atoms with E-state index in [1.54, 1.807) is 30.8 Å². The number of alkyl halides is 6. The van der Waals surface area contributed by atoms with Gasteiger partial charge in [-0.1, -0.05) is 18.2 Å². The van der Waals surface area contributed by atoms with Gasteiger partial charge in [-0.3, -0.25) is 14.3 Å². The van der Waals surface area contributed by atoms with Gasteiger partial charge in [0.1, 0.15) is 5.69 Å². The van der Waals surface area contributed by atoms with Crippen molar-refractivity contribution in [1.82, 2.24) is 15.1 Å². The molecule has 0 aliphatic rings. The molecule has 1 atom stereocenters. The number of hydrogen-bond donors (Lipinski definition) is 2. The Morgan fingerprint density at radius 3 is 2.33 bits per heavy atom. The van der Waals surface area contributed by atoms with Crippen molar-refractivity contribution in [2.24, 2.45) is 0 Å². The van der Waals surface area contributed by atoms with Gasteiger partial charge >= 0.3 is 12.4 Å². The van der Waals surface area contributed by atoms with Gasteiger partial charge in [0.25, 0.3) is 11.8 Å². The molecule has 2 amide bonds. The summed E-state index contributed by atoms with van der Waals surface area (Å²) < 4.78 is 79.7. The van der Waals surface area contributed by atoms with Crippen LogP contribution in [0.15, 0.2) is 42.5 Å². The van der Waals surface area contributed by atoms with E-state index in [4.69, 9.17) is 0 Å². The fourth-order valence-corrected chi connectivity index (χ4v) is 5.09. The second kappa shape index (κ2) is 12.2. The van der Waals surface area contributed by atoms with Crippen LogP contribution in [-0.2, 0) is 18.9 Å². The fourth-order valence-electron chi connectivity index (χ4n) is 3.76. The molecule has 2 aromatic carbocycles. The molecule has 1 aromatic heterocycles. The molecule has 3 rings (SSSR count). The largest absolute Gasteiger partial charge is 0.435 e. The molecule has 2 N–H and O–H groups in total. The molecule has 6 nitrogen and oxygen atoms in total. The third kappa shape index (κ3) is 7.68. The molecule has 1 heterocycles. The molecule has 1 unspecified atom stereocenters. The minimum atomic E-state index is -5.04. The van der Waals surface area contributed by atoms with Crippen LogP contribution in [0.25, 0.3) is 0 Å². The van der Waals surface area contributed by atoms with Crippen LogP contribution in [0.2, 0.25) is 0 Å². The average Bonchev–Trinajstić information content (AvgIpc) is 3.25. The Bertz CT molecular complexity index is 1370. The van der Waals surface area contributed by atoms with E-state index in [0.717, 1.165) is 0 Å². The number of aryl methyl sites for hydroxylation is 1. The number of hydrogen-bond acceptors (Lipinski definition) is 4. The normalized spacial score (nSPS) is 12.8. The van der Waals surface area contributed by atoms with Crippen molar-refractivity contribution in [3.8, 4) is 0 Å². The third-order valence-corrected chi connectivity index (χ3v) is 7.24. The minimum absolute atomic E-state index is 0.0295. The quantitative estimate of drug-likeness (QED) is 0.207. The molecule has 210 valence electrons. The van der Waals surface area contributed by atoms with E-state index in [1.807, 2.05) is 35.8 Å². The first-order valence-electron chi connectivity index (χ1n) is 11.3. The van der Waals surface area contributed by atoms with Gasteiger partial charge in [-0.25, -0.2) is 0 Å². The van der Waals surface area contributed by atoms with Gasteiger partial charge in [-0.15, -0.1) is 0 Å². The van der Waals surface area contributed by atoms with Crippen LogP contribution in [0.1, 0.15) is 50.2 Å². The van der Waals surface area contributed by atoms with Gasteiger partial charge in [0.15, 0.2) is 5.69 Å². The number of rotatable bonds is 8. The zero-order valence-corrected chi connectivity index (χ0v) is 23.8. The highest BCUT2D eigenvalue weighted by atomic mass is 127. The maximum Gasteiger partial charge on any atom is 0.435 e. The van der Waals surface area contributed by atoms with Gasteiger partial charge in [0.05, 0.1) is 17.7 Å². The highest BCUT2D eigenvalue weighted by Gasteiger charge is 2.41. The SMILES string of the molecule is CSCC(C)NC(=O)c1c(I)cccc1C(=O)Nc1ccc(Cn2nc(C(F)(F)F)cc2C(F)(F)F)cc1C. The molecule has 0 fully saturated rings. The molecule has 39 heavy (non-hydrogen) atoms. The first kappa shape index (κ1) is 30.8. The Kier molecular flexibility index (Phi) is 9.62. The molecule has 14 heteroatoms. The van der Waals surface area contributed by atoms with E-state index in [1.165, 1.54) is 24.3 Å². The molecule has 0 radical (unpaired) electrons. The number of nitrogens with zero attached hydrogens (tertiary/aromatic N) is 2. The predicted molar refractivity (Wildman–Crippen MR) is 145 cm³/mol. The molecule has 0 aliphatic heterocycles. The highest BCUT2D eigenvalue weighted by molar-refractivity contribution is 14.1. The second-order valence-electron chi connectivity index (χ2n) is 8.66.